The molecule has 0 saturated heterocycles. The van der Waals surface area contributed by atoms with Crippen molar-refractivity contribution in [1.82, 2.24) is 19.5 Å². The summed E-state index contributed by atoms with van der Waals surface area (Å²) < 4.78 is 1.33. The van der Waals surface area contributed by atoms with Gasteiger partial charge in [0, 0.05) is 33.3 Å². The summed E-state index contributed by atoms with van der Waals surface area (Å²) in [4.78, 5) is 14.1. The van der Waals surface area contributed by atoms with E-state index in [2.05, 4.69) is 29.4 Å². The lowest BCUT2D eigenvalue weighted by atomic mass is 9.97. The highest BCUT2D eigenvalue weighted by molar-refractivity contribution is 6.07. The molecule has 8 heteroatoms. The van der Waals surface area contributed by atoms with Crippen LogP contribution in [0.5, 0.6) is 0 Å². The van der Waals surface area contributed by atoms with Crippen LogP contribution in [0.25, 0.3) is 90.4 Å². The van der Waals surface area contributed by atoms with Gasteiger partial charge in [-0.3, -0.25) is 0 Å². The minimum absolute atomic E-state index is 0.00729. The van der Waals surface area contributed by atoms with Crippen molar-refractivity contribution in [2.24, 2.45) is 0 Å². The van der Waals surface area contributed by atoms with Gasteiger partial charge in [-0.15, -0.1) is 0 Å². The van der Waals surface area contributed by atoms with Crippen LogP contribution in [0.1, 0.15) is 33.9 Å². The SMILES string of the molecule is N#CC1=Cc2nc1c(-c1ccccc1)c1c(C#N)c(C#N)c(c(-c3ccccc3)c3nc(c(-c4ccccc4)c4ccc([nH]4)c2-c2ccccc2)C=C3)n1C#N. The maximum atomic E-state index is 11.2. The summed E-state index contributed by atoms with van der Waals surface area (Å²) >= 11 is 0. The highest BCUT2D eigenvalue weighted by atomic mass is 15.0. The van der Waals surface area contributed by atoms with Crippen molar-refractivity contribution in [2.45, 2.75) is 0 Å². The second kappa shape index (κ2) is 13.8. The number of hydrogen-bond acceptors (Lipinski definition) is 6. The smallest absolute Gasteiger partial charge is 0.189 e. The molecule has 0 unspecified atom stereocenters. The van der Waals surface area contributed by atoms with Gasteiger partial charge in [0.2, 0.25) is 0 Å². The number of rotatable bonds is 4. The van der Waals surface area contributed by atoms with Gasteiger partial charge in [-0.1, -0.05) is 121 Å². The molecule has 0 aliphatic carbocycles. The largest absolute Gasteiger partial charge is 0.354 e. The van der Waals surface area contributed by atoms with Crippen LogP contribution in [0, 0.1) is 45.4 Å². The van der Waals surface area contributed by atoms with Gasteiger partial charge in [0.05, 0.1) is 50.5 Å². The third kappa shape index (κ3) is 5.36. The van der Waals surface area contributed by atoms with Crippen LogP contribution in [0.3, 0.4) is 0 Å². The van der Waals surface area contributed by atoms with E-state index in [1.807, 2.05) is 146 Å². The summed E-state index contributed by atoms with van der Waals surface area (Å²) in [6.07, 6.45) is 7.88. The molecule has 9 rings (SSSR count). The minimum atomic E-state index is -0.0155. The van der Waals surface area contributed by atoms with E-state index in [4.69, 9.17) is 9.97 Å². The number of fused-ring (bicyclic) bond motifs is 8. The molecule has 7 aromatic rings. The third-order valence-corrected chi connectivity index (χ3v) is 9.98. The van der Waals surface area contributed by atoms with Crippen LogP contribution in [0.4, 0.5) is 0 Å². The Morgan fingerprint density at radius 2 is 0.875 bits per heavy atom. The molecule has 0 atom stereocenters. The monoisotopic (exact) mass is 714 g/mol. The Morgan fingerprint density at radius 3 is 1.34 bits per heavy atom. The van der Waals surface area contributed by atoms with Crippen LogP contribution in [-0.4, -0.2) is 19.5 Å². The predicted molar refractivity (Wildman–Crippen MR) is 219 cm³/mol. The highest BCUT2D eigenvalue weighted by Gasteiger charge is 2.29. The van der Waals surface area contributed by atoms with Crippen LogP contribution in [0.2, 0.25) is 0 Å². The fourth-order valence-corrected chi connectivity index (χ4v) is 7.61. The second-order valence-corrected chi connectivity index (χ2v) is 13.1. The molecule has 2 aliphatic heterocycles. The summed E-state index contributed by atoms with van der Waals surface area (Å²) in [6, 6.07) is 49.4. The van der Waals surface area contributed by atoms with Gasteiger partial charge >= 0.3 is 0 Å². The summed E-state index contributed by atoms with van der Waals surface area (Å²) in [5.74, 6) is 0. The van der Waals surface area contributed by atoms with Gasteiger partial charge < -0.3 is 4.98 Å². The fraction of sp³-hybridized carbons (Fsp3) is 0. The quantitative estimate of drug-likeness (QED) is 0.192. The first kappa shape index (κ1) is 33.3. The van der Waals surface area contributed by atoms with E-state index < -0.39 is 0 Å². The molecule has 8 nitrogen and oxygen atoms in total. The molecule has 3 aromatic heterocycles. The van der Waals surface area contributed by atoms with E-state index in [0.717, 1.165) is 33.3 Å². The average Bonchev–Trinajstić information content (AvgIpc) is 4.07. The number of nitrogens with zero attached hydrogens (tertiary/aromatic N) is 7. The van der Waals surface area contributed by atoms with E-state index >= 15 is 0 Å². The molecule has 56 heavy (non-hydrogen) atoms. The standard InChI is InChI=1S/C48H26N8/c49-26-34-25-41-43(31-15-7-2-8-16-31)39-22-21-37(53-39)42(30-13-5-1-6-14-30)38-23-24-40(54-38)44(32-17-9-3-10-18-32)47-35(27-50)36(28-51)48(56(47)29-52)45(46(34)55-41)33-19-11-4-12-20-33/h1-25,53H. The molecule has 0 spiro atoms. The minimum Gasteiger partial charge on any atom is -0.354 e. The molecule has 0 saturated carbocycles. The van der Waals surface area contributed by atoms with Crippen LogP contribution in [0.15, 0.2) is 133 Å². The normalized spacial score (nSPS) is 11.5. The van der Waals surface area contributed by atoms with Crippen LogP contribution in [-0.2, 0) is 0 Å². The molecule has 0 radical (unpaired) electrons. The first-order valence-corrected chi connectivity index (χ1v) is 17.8. The van der Waals surface area contributed by atoms with Crippen LogP contribution >= 0.6 is 0 Å². The zero-order valence-corrected chi connectivity index (χ0v) is 29.6. The Balaban J connectivity index is 1.63. The Hall–Kier alpha value is -8.56. The number of aromatic amines is 1. The zero-order chi connectivity index (χ0) is 38.2. The Labute approximate surface area is 321 Å². The van der Waals surface area contributed by atoms with E-state index in [1.165, 1.54) is 4.57 Å². The van der Waals surface area contributed by atoms with Crippen molar-refractivity contribution in [2.75, 3.05) is 0 Å². The van der Waals surface area contributed by atoms with E-state index in [-0.39, 0.29) is 33.4 Å². The zero-order valence-electron chi connectivity index (χ0n) is 29.6. The summed E-state index contributed by atoms with van der Waals surface area (Å²) in [5.41, 5.74) is 9.63. The Bertz CT molecular complexity index is 3140. The predicted octanol–water partition coefficient (Wildman–Crippen LogP) is 10.8. The average molecular weight is 715 g/mol. The number of hydrogen-bond donors (Lipinski definition) is 1. The third-order valence-electron chi connectivity index (χ3n) is 9.98. The lowest BCUT2D eigenvalue weighted by Gasteiger charge is -2.09. The first-order chi connectivity index (χ1) is 27.6. The topological polar surface area (TPSA) is 142 Å². The molecular weight excluding hydrogens is 689 g/mol. The van der Waals surface area contributed by atoms with Crippen molar-refractivity contribution in [3.8, 4) is 68.9 Å². The Morgan fingerprint density at radius 1 is 0.446 bits per heavy atom. The maximum absolute atomic E-state index is 11.2. The van der Waals surface area contributed by atoms with Crippen molar-refractivity contribution in [3.05, 3.63) is 167 Å². The van der Waals surface area contributed by atoms with Gasteiger partial charge in [-0.05, 0) is 52.6 Å². The van der Waals surface area contributed by atoms with E-state index in [1.54, 1.807) is 6.08 Å². The summed E-state index contributed by atoms with van der Waals surface area (Å²) in [5, 5.41) is 43.8. The number of benzene rings is 4. The van der Waals surface area contributed by atoms with Crippen molar-refractivity contribution in [3.63, 3.8) is 0 Å². The molecule has 4 aromatic carbocycles. The molecule has 8 bridgehead atoms. The molecule has 258 valence electrons. The summed E-state index contributed by atoms with van der Waals surface area (Å²) in [6.45, 7) is 0. The second-order valence-electron chi connectivity index (χ2n) is 13.1. The highest BCUT2D eigenvalue weighted by Crippen LogP contribution is 2.43. The molecule has 0 amide bonds. The Kier molecular flexibility index (Phi) is 8.19. The number of H-pyrrole nitrogens is 1. The van der Waals surface area contributed by atoms with Crippen molar-refractivity contribution in [1.29, 1.82) is 21.0 Å². The van der Waals surface area contributed by atoms with E-state index in [0.29, 0.717) is 39.3 Å². The maximum Gasteiger partial charge on any atom is 0.189 e. The molecule has 2 aliphatic rings. The first-order valence-electron chi connectivity index (χ1n) is 17.8. The van der Waals surface area contributed by atoms with E-state index in [9.17, 15) is 21.0 Å². The van der Waals surface area contributed by atoms with Crippen molar-refractivity contribution < 1.29 is 0 Å². The lowest BCUT2D eigenvalue weighted by molar-refractivity contribution is 1.19. The molecule has 0 fully saturated rings. The van der Waals surface area contributed by atoms with Gasteiger partial charge in [-0.25, -0.2) is 14.5 Å². The van der Waals surface area contributed by atoms with Gasteiger partial charge in [0.25, 0.3) is 0 Å². The number of allylic oxidation sites excluding steroid dienone is 1. The lowest BCUT2D eigenvalue weighted by Crippen LogP contribution is -1.97. The van der Waals surface area contributed by atoms with Gasteiger partial charge in [0.1, 0.15) is 18.2 Å². The van der Waals surface area contributed by atoms with Gasteiger partial charge in [0.15, 0.2) is 6.19 Å². The van der Waals surface area contributed by atoms with Crippen LogP contribution < -0.4 is 0 Å². The summed E-state index contributed by atoms with van der Waals surface area (Å²) in [7, 11) is 0. The fourth-order valence-electron chi connectivity index (χ4n) is 7.61. The molecule has 1 N–H and O–H groups in total. The number of nitrogens with one attached hydrogen (secondary N) is 1. The van der Waals surface area contributed by atoms with Gasteiger partial charge in [-0.2, -0.15) is 21.0 Å². The van der Waals surface area contributed by atoms with Crippen molar-refractivity contribution >= 4 is 45.9 Å². The number of aromatic nitrogens is 4. The molecular formula is C48H26N8. The number of nitriles is 4. The molecule has 5 heterocycles.